The lowest BCUT2D eigenvalue weighted by atomic mass is 9.59. The minimum Gasteiger partial charge on any atom is -0.380 e. The highest BCUT2D eigenvalue weighted by Gasteiger charge is 2.42. The number of likely N-dealkylation sites (tertiary alicyclic amines) is 1. The van der Waals surface area contributed by atoms with E-state index in [0.29, 0.717) is 17.8 Å². The molecule has 1 unspecified atom stereocenters. The fraction of sp³-hybridized carbons (Fsp3) is 0.520. The van der Waals surface area contributed by atoms with Crippen LogP contribution in [-0.2, 0) is 4.74 Å². The Morgan fingerprint density at radius 1 is 0.786 bits per heavy atom. The van der Waals surface area contributed by atoms with Crippen molar-refractivity contribution in [3.63, 3.8) is 0 Å². The molecule has 6 rings (SSSR count). The Morgan fingerprint density at radius 3 is 1.96 bits per heavy atom. The SMILES string of the molecule is Cl.c1ccc2c(c1)C1CC(COCCN3CCCCCC3)C2c2ccccc21. The van der Waals surface area contributed by atoms with Gasteiger partial charge < -0.3 is 9.64 Å². The van der Waals surface area contributed by atoms with Gasteiger partial charge in [-0.1, -0.05) is 61.4 Å². The van der Waals surface area contributed by atoms with Crippen molar-refractivity contribution in [2.24, 2.45) is 5.92 Å². The van der Waals surface area contributed by atoms with Gasteiger partial charge in [0.05, 0.1) is 13.2 Å². The Bertz CT molecular complexity index is 736. The molecule has 0 aromatic heterocycles. The van der Waals surface area contributed by atoms with Gasteiger partial charge in [0.15, 0.2) is 0 Å². The van der Waals surface area contributed by atoms with Crippen LogP contribution < -0.4 is 0 Å². The van der Waals surface area contributed by atoms with Crippen LogP contribution in [0.5, 0.6) is 0 Å². The number of hydrogen-bond acceptors (Lipinski definition) is 2. The summed E-state index contributed by atoms with van der Waals surface area (Å²) < 4.78 is 6.26. The first kappa shape index (κ1) is 19.9. The standard InChI is InChI=1S/C25H31NO.ClH/c1-2-8-14-26(13-7-1)15-16-27-18-19-17-24-20-9-3-5-11-22(20)25(19)23-12-6-4-10-21(23)24;/h3-6,9-12,19,24-25H,1-2,7-8,13-18H2;1H. The van der Waals surface area contributed by atoms with Crippen LogP contribution in [0.2, 0.25) is 0 Å². The van der Waals surface area contributed by atoms with Crippen LogP contribution in [0, 0.1) is 5.92 Å². The van der Waals surface area contributed by atoms with Crippen molar-refractivity contribution in [3.8, 4) is 0 Å². The van der Waals surface area contributed by atoms with E-state index in [0.717, 1.165) is 19.8 Å². The predicted molar refractivity (Wildman–Crippen MR) is 118 cm³/mol. The number of fused-ring (bicyclic) bond motifs is 1. The van der Waals surface area contributed by atoms with Crippen LogP contribution in [0.4, 0.5) is 0 Å². The molecular weight excluding hydrogens is 366 g/mol. The fourth-order valence-corrected chi connectivity index (χ4v) is 5.71. The zero-order chi connectivity index (χ0) is 18.1. The van der Waals surface area contributed by atoms with Gasteiger partial charge >= 0.3 is 0 Å². The lowest BCUT2D eigenvalue weighted by Gasteiger charge is -2.45. The number of ether oxygens (including phenoxy) is 1. The minimum atomic E-state index is 0. The summed E-state index contributed by atoms with van der Waals surface area (Å²) in [5, 5.41) is 0. The van der Waals surface area contributed by atoms with Crippen molar-refractivity contribution >= 4 is 12.4 Å². The summed E-state index contributed by atoms with van der Waals surface area (Å²) in [6, 6.07) is 18.2. The smallest absolute Gasteiger partial charge is 0.0593 e. The monoisotopic (exact) mass is 397 g/mol. The molecule has 0 N–H and O–H groups in total. The van der Waals surface area contributed by atoms with Crippen LogP contribution >= 0.6 is 12.4 Å². The number of nitrogens with zero attached hydrogens (tertiary/aromatic N) is 1. The molecule has 2 nitrogen and oxygen atoms in total. The van der Waals surface area contributed by atoms with Gasteiger partial charge in [0, 0.05) is 18.4 Å². The molecule has 150 valence electrons. The van der Waals surface area contributed by atoms with Crippen LogP contribution in [0.25, 0.3) is 0 Å². The number of halogens is 1. The third kappa shape index (κ3) is 3.75. The van der Waals surface area contributed by atoms with Crippen molar-refractivity contribution in [2.45, 2.75) is 43.9 Å². The van der Waals surface area contributed by atoms with Crippen LogP contribution in [-0.4, -0.2) is 37.7 Å². The first-order chi connectivity index (χ1) is 13.4. The average molecular weight is 398 g/mol. The maximum Gasteiger partial charge on any atom is 0.0593 e. The third-order valence-corrected chi connectivity index (χ3v) is 7.01. The van der Waals surface area contributed by atoms with Crippen molar-refractivity contribution in [3.05, 3.63) is 70.8 Å². The lowest BCUT2D eigenvalue weighted by molar-refractivity contribution is 0.0654. The van der Waals surface area contributed by atoms with Gasteiger partial charge in [0.1, 0.15) is 0 Å². The molecule has 3 heteroatoms. The van der Waals surface area contributed by atoms with Gasteiger partial charge in [0.25, 0.3) is 0 Å². The second-order valence-corrected chi connectivity index (χ2v) is 8.61. The van der Waals surface area contributed by atoms with Gasteiger partial charge in [-0.15, -0.1) is 12.4 Å². The summed E-state index contributed by atoms with van der Waals surface area (Å²) in [4.78, 5) is 2.60. The van der Waals surface area contributed by atoms with Crippen LogP contribution in [0.15, 0.2) is 48.5 Å². The molecule has 2 aromatic carbocycles. The van der Waals surface area contributed by atoms with E-state index in [2.05, 4.69) is 53.4 Å². The van der Waals surface area contributed by atoms with Crippen LogP contribution in [0.3, 0.4) is 0 Å². The molecular formula is C25H32ClNO. The Balaban J connectivity index is 0.00000192. The molecule has 2 aromatic rings. The largest absolute Gasteiger partial charge is 0.380 e. The lowest BCUT2D eigenvalue weighted by Crippen LogP contribution is -2.35. The van der Waals surface area contributed by atoms with E-state index >= 15 is 0 Å². The molecule has 1 saturated heterocycles. The number of benzene rings is 2. The highest BCUT2D eigenvalue weighted by molar-refractivity contribution is 5.85. The summed E-state index contributed by atoms with van der Waals surface area (Å²) in [5.41, 5.74) is 6.21. The van der Waals surface area contributed by atoms with E-state index < -0.39 is 0 Å². The van der Waals surface area contributed by atoms with E-state index in [4.69, 9.17) is 4.74 Å². The Kier molecular flexibility index (Phi) is 6.40. The molecule has 2 bridgehead atoms. The summed E-state index contributed by atoms with van der Waals surface area (Å²) >= 11 is 0. The highest BCUT2D eigenvalue weighted by Crippen LogP contribution is 2.55. The van der Waals surface area contributed by atoms with Gasteiger partial charge in [-0.3, -0.25) is 0 Å². The maximum atomic E-state index is 6.26. The third-order valence-electron chi connectivity index (χ3n) is 7.01. The molecule has 28 heavy (non-hydrogen) atoms. The summed E-state index contributed by atoms with van der Waals surface area (Å²) in [7, 11) is 0. The maximum absolute atomic E-state index is 6.26. The molecule has 1 heterocycles. The Morgan fingerprint density at radius 2 is 1.36 bits per heavy atom. The molecule has 1 atom stereocenters. The normalized spacial score (nSPS) is 26.1. The zero-order valence-corrected chi connectivity index (χ0v) is 17.5. The average Bonchev–Trinajstić information content (AvgIpc) is 3.00. The second-order valence-electron chi connectivity index (χ2n) is 8.61. The topological polar surface area (TPSA) is 12.5 Å². The molecule has 0 spiro atoms. The molecule has 1 aliphatic heterocycles. The molecule has 4 aliphatic rings. The van der Waals surface area contributed by atoms with Crippen molar-refractivity contribution in [1.29, 1.82) is 0 Å². The quantitative estimate of drug-likeness (QED) is 0.609. The first-order valence-electron chi connectivity index (χ1n) is 10.9. The van der Waals surface area contributed by atoms with Gasteiger partial charge in [0.2, 0.25) is 0 Å². The van der Waals surface area contributed by atoms with Crippen LogP contribution in [0.1, 0.15) is 66.2 Å². The van der Waals surface area contributed by atoms with Gasteiger partial charge in [-0.25, -0.2) is 0 Å². The van der Waals surface area contributed by atoms with E-state index in [1.54, 1.807) is 22.3 Å². The summed E-state index contributed by atoms with van der Waals surface area (Å²) in [5.74, 6) is 1.69. The van der Waals surface area contributed by atoms with Gasteiger partial charge in [-0.05, 0) is 60.5 Å². The Labute approximate surface area is 175 Å². The predicted octanol–water partition coefficient (Wildman–Crippen LogP) is 5.60. The van der Waals surface area contributed by atoms with E-state index in [-0.39, 0.29) is 12.4 Å². The second kappa shape index (κ2) is 8.98. The van der Waals surface area contributed by atoms with Crippen molar-refractivity contribution < 1.29 is 4.74 Å². The number of hydrogen-bond donors (Lipinski definition) is 0. The van der Waals surface area contributed by atoms with E-state index in [9.17, 15) is 0 Å². The summed E-state index contributed by atoms with van der Waals surface area (Å²) in [6.45, 7) is 5.42. The van der Waals surface area contributed by atoms with Crippen molar-refractivity contribution in [2.75, 3.05) is 32.8 Å². The zero-order valence-electron chi connectivity index (χ0n) is 16.7. The van der Waals surface area contributed by atoms with Gasteiger partial charge in [-0.2, -0.15) is 0 Å². The first-order valence-corrected chi connectivity index (χ1v) is 10.9. The number of rotatable bonds is 5. The summed E-state index contributed by atoms with van der Waals surface area (Å²) in [6.07, 6.45) is 6.77. The van der Waals surface area contributed by atoms with E-state index in [1.807, 2.05) is 0 Å². The fourth-order valence-electron chi connectivity index (χ4n) is 5.71. The Hall–Kier alpha value is -1.35. The molecule has 3 aliphatic carbocycles. The molecule has 0 radical (unpaired) electrons. The molecule has 0 amide bonds. The van der Waals surface area contributed by atoms with Crippen molar-refractivity contribution in [1.82, 2.24) is 4.90 Å². The van der Waals surface area contributed by atoms with E-state index in [1.165, 1.54) is 45.2 Å². The minimum absolute atomic E-state index is 0. The highest BCUT2D eigenvalue weighted by atomic mass is 35.5. The molecule has 0 saturated carbocycles. The molecule has 1 fully saturated rings.